The van der Waals surface area contributed by atoms with E-state index in [9.17, 15) is 14.3 Å². The fraction of sp³-hybridized carbons (Fsp3) is 0.333. The lowest BCUT2D eigenvalue weighted by molar-refractivity contribution is -0.123. The minimum atomic E-state index is -1.41. The molecule has 3 rings (SSSR count). The second kappa shape index (κ2) is 7.53. The highest BCUT2D eigenvalue weighted by Gasteiger charge is 2.45. The fourth-order valence-electron chi connectivity index (χ4n) is 2.88. The largest absolute Gasteiger partial charge is 0.489 e. The van der Waals surface area contributed by atoms with Crippen LogP contribution in [0.2, 0.25) is 0 Å². The van der Waals surface area contributed by atoms with Gasteiger partial charge in [-0.15, -0.1) is 0 Å². The number of carbonyl (C=O) groups excluding carboxylic acids is 1. The molecule has 1 amide bonds. The summed E-state index contributed by atoms with van der Waals surface area (Å²) >= 11 is 1.96. The molecule has 0 bridgehead atoms. The van der Waals surface area contributed by atoms with Crippen molar-refractivity contribution < 1.29 is 23.2 Å². The monoisotopic (exact) mass is 504 g/mol. The Morgan fingerprint density at radius 1 is 1.52 bits per heavy atom. The standard InChI is InChI=1S/C18H18FIN2O4S/c1-17(16(21)23)8-25-15-12(17)7-13(18(2,24)9-26-27-20)22-14(15)10-3-5-11(19)6-4-10/h3-7,24H,8-9H2,1-2H3,(H2,21,23)/t17-,18+/m0/s1. The first kappa shape index (κ1) is 20.3. The van der Waals surface area contributed by atoms with Gasteiger partial charge < -0.3 is 19.8 Å². The number of aromatic nitrogens is 1. The molecule has 27 heavy (non-hydrogen) atoms. The van der Waals surface area contributed by atoms with E-state index in [1.165, 1.54) is 12.1 Å². The molecule has 1 aliphatic heterocycles. The molecule has 0 fully saturated rings. The highest BCUT2D eigenvalue weighted by atomic mass is 127. The maximum Gasteiger partial charge on any atom is 0.231 e. The van der Waals surface area contributed by atoms with Gasteiger partial charge in [-0.05, 0) is 44.2 Å². The van der Waals surface area contributed by atoms with Crippen LogP contribution in [0, 0.1) is 5.82 Å². The normalized spacial score (nSPS) is 20.6. The van der Waals surface area contributed by atoms with Crippen molar-refractivity contribution in [2.45, 2.75) is 24.9 Å². The number of pyridine rings is 1. The second-order valence-electron chi connectivity index (χ2n) is 6.82. The van der Waals surface area contributed by atoms with Gasteiger partial charge in [0.2, 0.25) is 5.91 Å². The average Bonchev–Trinajstić information content (AvgIpc) is 2.99. The Bertz CT molecular complexity index is 878. The quantitative estimate of drug-likeness (QED) is 0.464. The number of ether oxygens (including phenoxy) is 1. The number of carbonyl (C=O) groups is 1. The van der Waals surface area contributed by atoms with Crippen LogP contribution >= 0.6 is 30.4 Å². The number of rotatable bonds is 6. The number of benzene rings is 1. The molecule has 6 nitrogen and oxygen atoms in total. The first-order valence-corrected chi connectivity index (χ1v) is 11.3. The number of halogens is 2. The molecule has 1 aromatic carbocycles. The van der Waals surface area contributed by atoms with Crippen molar-refractivity contribution in [3.05, 3.63) is 47.4 Å². The van der Waals surface area contributed by atoms with E-state index in [-0.39, 0.29) is 19.0 Å². The number of aliphatic hydroxyl groups is 1. The number of fused-ring (bicyclic) bond motifs is 1. The van der Waals surface area contributed by atoms with Crippen LogP contribution in [0.25, 0.3) is 11.3 Å². The van der Waals surface area contributed by atoms with E-state index in [1.54, 1.807) is 32.0 Å². The Balaban J connectivity index is 2.21. The number of nitrogens with two attached hydrogens (primary N) is 1. The smallest absolute Gasteiger partial charge is 0.231 e. The topological polar surface area (TPSA) is 94.7 Å². The Hall–Kier alpha value is -1.43. The molecule has 2 aromatic rings. The van der Waals surface area contributed by atoms with Crippen molar-refractivity contribution in [2.24, 2.45) is 5.73 Å². The van der Waals surface area contributed by atoms with Crippen LogP contribution in [0.5, 0.6) is 5.75 Å². The van der Waals surface area contributed by atoms with Crippen molar-refractivity contribution in [1.29, 1.82) is 0 Å². The highest BCUT2D eigenvalue weighted by molar-refractivity contribution is 14.2. The van der Waals surface area contributed by atoms with Crippen molar-refractivity contribution in [2.75, 3.05) is 13.2 Å². The van der Waals surface area contributed by atoms with Gasteiger partial charge in [0.1, 0.15) is 34.9 Å². The van der Waals surface area contributed by atoms with Gasteiger partial charge in [-0.1, -0.05) is 0 Å². The first-order chi connectivity index (χ1) is 12.7. The van der Waals surface area contributed by atoms with Gasteiger partial charge in [0, 0.05) is 32.3 Å². The van der Waals surface area contributed by atoms with Gasteiger partial charge in [0.15, 0.2) is 0 Å². The molecule has 144 valence electrons. The molecule has 3 N–H and O–H groups in total. The van der Waals surface area contributed by atoms with Crippen LogP contribution in [-0.4, -0.2) is 29.2 Å². The summed E-state index contributed by atoms with van der Waals surface area (Å²) in [7, 11) is 1.10. The third kappa shape index (κ3) is 3.78. The van der Waals surface area contributed by atoms with E-state index in [4.69, 9.17) is 14.7 Å². The Labute approximate surface area is 172 Å². The fourth-order valence-corrected chi connectivity index (χ4v) is 3.53. The van der Waals surface area contributed by atoms with Crippen molar-refractivity contribution in [1.82, 2.24) is 4.98 Å². The minimum absolute atomic E-state index is 0.0105. The zero-order valence-corrected chi connectivity index (χ0v) is 17.6. The van der Waals surface area contributed by atoms with Crippen LogP contribution < -0.4 is 10.5 Å². The molecule has 0 unspecified atom stereocenters. The predicted octanol–water partition coefficient (Wildman–Crippen LogP) is 3.25. The molecule has 2 heterocycles. The molecule has 2 atom stereocenters. The van der Waals surface area contributed by atoms with E-state index in [0.29, 0.717) is 28.3 Å². The van der Waals surface area contributed by atoms with Gasteiger partial charge in [-0.25, -0.2) is 9.37 Å². The lowest BCUT2D eigenvalue weighted by Crippen LogP contribution is -2.40. The number of hydrogen-bond acceptors (Lipinski definition) is 6. The zero-order chi connectivity index (χ0) is 19.8. The van der Waals surface area contributed by atoms with E-state index in [0.717, 1.165) is 9.21 Å². The van der Waals surface area contributed by atoms with Gasteiger partial charge in [0.25, 0.3) is 0 Å². The Morgan fingerprint density at radius 2 is 2.19 bits per heavy atom. The minimum Gasteiger partial charge on any atom is -0.489 e. The third-order valence-corrected chi connectivity index (χ3v) is 5.64. The number of primary amides is 1. The lowest BCUT2D eigenvalue weighted by Gasteiger charge is -2.25. The Morgan fingerprint density at radius 3 is 2.78 bits per heavy atom. The maximum atomic E-state index is 13.3. The van der Waals surface area contributed by atoms with Gasteiger partial charge in [0.05, 0.1) is 21.5 Å². The zero-order valence-electron chi connectivity index (χ0n) is 14.7. The third-order valence-electron chi connectivity index (χ3n) is 4.67. The highest BCUT2D eigenvalue weighted by Crippen LogP contribution is 2.45. The van der Waals surface area contributed by atoms with Crippen molar-refractivity contribution in [3.63, 3.8) is 0 Å². The van der Waals surface area contributed by atoms with E-state index >= 15 is 0 Å². The maximum absolute atomic E-state index is 13.3. The van der Waals surface area contributed by atoms with Crippen LogP contribution in [0.1, 0.15) is 25.1 Å². The molecule has 0 saturated carbocycles. The lowest BCUT2D eigenvalue weighted by atomic mass is 9.82. The van der Waals surface area contributed by atoms with Crippen LogP contribution in [0.15, 0.2) is 30.3 Å². The summed E-state index contributed by atoms with van der Waals surface area (Å²) in [6.45, 7) is 3.31. The molecule has 9 heteroatoms. The number of amides is 1. The van der Waals surface area contributed by atoms with Crippen molar-refractivity contribution in [3.8, 4) is 17.0 Å². The van der Waals surface area contributed by atoms with E-state index in [1.807, 2.05) is 21.2 Å². The SMILES string of the molecule is C[C@@](O)(COSI)c1cc2c(c(-c3ccc(F)cc3)n1)OC[C@]2(C)C(N)=O. The summed E-state index contributed by atoms with van der Waals surface area (Å²) < 4.78 is 24.4. The summed E-state index contributed by atoms with van der Waals surface area (Å²) in [6, 6.07) is 7.38. The van der Waals surface area contributed by atoms with Crippen LogP contribution in [0.3, 0.4) is 0 Å². The molecular weight excluding hydrogens is 486 g/mol. The van der Waals surface area contributed by atoms with Crippen LogP contribution in [-0.2, 0) is 20.0 Å². The van der Waals surface area contributed by atoms with Crippen LogP contribution in [0.4, 0.5) is 4.39 Å². The average molecular weight is 504 g/mol. The van der Waals surface area contributed by atoms with E-state index < -0.39 is 16.9 Å². The Kier molecular flexibility index (Phi) is 5.67. The second-order valence-corrected chi connectivity index (χ2v) is 8.26. The van der Waals surface area contributed by atoms with E-state index in [2.05, 4.69) is 4.98 Å². The summed E-state index contributed by atoms with van der Waals surface area (Å²) in [5.74, 6) is -0.511. The summed E-state index contributed by atoms with van der Waals surface area (Å²) in [6.07, 6.45) is 0. The van der Waals surface area contributed by atoms with Gasteiger partial charge in [-0.3, -0.25) is 4.79 Å². The summed E-state index contributed by atoms with van der Waals surface area (Å²) in [5, 5.41) is 10.9. The van der Waals surface area contributed by atoms with Gasteiger partial charge >= 0.3 is 0 Å². The molecule has 1 aliphatic rings. The number of nitrogens with zero attached hydrogens (tertiary/aromatic N) is 1. The summed E-state index contributed by atoms with van der Waals surface area (Å²) in [4.78, 5) is 16.6. The first-order valence-electron chi connectivity index (χ1n) is 8.06. The van der Waals surface area contributed by atoms with Crippen molar-refractivity contribution >= 4 is 36.3 Å². The molecule has 0 spiro atoms. The molecular formula is C18H18FIN2O4S. The molecule has 0 saturated heterocycles. The number of hydrogen-bond donors (Lipinski definition) is 2. The predicted molar refractivity (Wildman–Crippen MR) is 109 cm³/mol. The molecule has 0 radical (unpaired) electrons. The summed E-state index contributed by atoms with van der Waals surface area (Å²) in [5.41, 5.74) is 5.01. The van der Waals surface area contributed by atoms with Gasteiger partial charge in [-0.2, -0.15) is 0 Å². The molecule has 0 aliphatic carbocycles. The molecule has 1 aromatic heterocycles.